The molecule has 0 aliphatic rings. The van der Waals surface area contributed by atoms with Gasteiger partial charge in [-0.05, 0) is 52.1 Å². The first-order valence-electron chi connectivity index (χ1n) is 16.1. The number of carbonyl (C=O) groups excluding carboxylic acids is 3. The first kappa shape index (κ1) is 36.9. The predicted octanol–water partition coefficient (Wildman–Crippen LogP) is 4.98. The predicted molar refractivity (Wildman–Crippen MR) is 186 cm³/mol. The van der Waals surface area contributed by atoms with E-state index in [1.807, 2.05) is 54.6 Å². The van der Waals surface area contributed by atoms with Crippen LogP contribution in [0.5, 0.6) is 0 Å². The molecule has 0 spiro atoms. The molecule has 3 amide bonds. The van der Waals surface area contributed by atoms with Crippen LogP contribution in [0, 0.1) is 17.0 Å². The molecule has 2 atom stereocenters. The lowest BCUT2D eigenvalue weighted by molar-refractivity contribution is -0.142. The number of likely N-dealkylation sites (N-methyl/N-ethyl adjacent to an activating group) is 2. The second-order valence-electron chi connectivity index (χ2n) is 13.1. The van der Waals surface area contributed by atoms with Crippen LogP contribution < -0.4 is 11.1 Å². The highest BCUT2D eigenvalue weighted by Crippen LogP contribution is 2.23. The molecule has 0 heterocycles. The zero-order chi connectivity index (χ0) is 35.7. The van der Waals surface area contributed by atoms with Gasteiger partial charge in [0.2, 0.25) is 11.8 Å². The molecule has 0 aromatic heterocycles. The fourth-order valence-corrected chi connectivity index (χ4v) is 5.44. The van der Waals surface area contributed by atoms with E-state index in [4.69, 9.17) is 5.73 Å². The van der Waals surface area contributed by atoms with Gasteiger partial charge in [0.1, 0.15) is 12.1 Å². The Kier molecular flexibility index (Phi) is 12.4. The van der Waals surface area contributed by atoms with Crippen LogP contribution in [0.1, 0.15) is 40.9 Å². The monoisotopic (exact) mass is 670 g/mol. The highest BCUT2D eigenvalue weighted by atomic mass is 19.2. The minimum atomic E-state index is -1.15. The second-order valence-corrected chi connectivity index (χ2v) is 13.1. The summed E-state index contributed by atoms with van der Waals surface area (Å²) in [5, 5.41) is 12.5. The van der Waals surface area contributed by atoms with Gasteiger partial charge in [-0.25, -0.2) is 8.78 Å². The standard InChI is InChI=1S/C39H44F2N4O4/c1-39(2,25-46)24-43-36(47)34(22-27-15-18-32(40)33(41)20-27)44(3)38(49)35(45(4)37(48)31-12-8-9-28(19-31)23-42)21-26-13-16-30(17-14-26)29-10-6-5-7-11-29/h5-20,34-35,46H,21-25,42H2,1-4H3,(H,43,47)/t34-,35-/m1/s1. The molecule has 258 valence electrons. The number of hydrogen-bond donors (Lipinski definition) is 3. The van der Waals surface area contributed by atoms with E-state index in [0.29, 0.717) is 11.1 Å². The number of nitrogens with one attached hydrogen (secondary N) is 1. The Balaban J connectivity index is 1.69. The van der Waals surface area contributed by atoms with Crippen LogP contribution in [0.4, 0.5) is 8.78 Å². The number of rotatable bonds is 14. The average Bonchev–Trinajstić information content (AvgIpc) is 3.12. The van der Waals surface area contributed by atoms with E-state index in [1.54, 1.807) is 45.2 Å². The van der Waals surface area contributed by atoms with Crippen molar-refractivity contribution in [2.24, 2.45) is 11.1 Å². The summed E-state index contributed by atoms with van der Waals surface area (Å²) in [4.78, 5) is 44.7. The minimum absolute atomic E-state index is 0.103. The van der Waals surface area contributed by atoms with Gasteiger partial charge in [0.25, 0.3) is 5.91 Å². The Hall–Kier alpha value is -4.93. The summed E-state index contributed by atoms with van der Waals surface area (Å²) in [5.74, 6) is -3.58. The number of nitrogens with zero attached hydrogens (tertiary/aromatic N) is 2. The summed E-state index contributed by atoms with van der Waals surface area (Å²) >= 11 is 0. The molecule has 0 bridgehead atoms. The second kappa shape index (κ2) is 16.5. The number of halogens is 2. The molecule has 4 N–H and O–H groups in total. The van der Waals surface area contributed by atoms with Gasteiger partial charge >= 0.3 is 0 Å². The molecule has 0 radical (unpaired) electrons. The number of aliphatic hydroxyl groups excluding tert-OH is 1. The normalized spacial score (nSPS) is 12.6. The number of amides is 3. The quantitative estimate of drug-likeness (QED) is 0.175. The van der Waals surface area contributed by atoms with Gasteiger partial charge in [-0.15, -0.1) is 0 Å². The smallest absolute Gasteiger partial charge is 0.254 e. The maximum Gasteiger partial charge on any atom is 0.254 e. The molecular formula is C39H44F2N4O4. The molecule has 0 aliphatic heterocycles. The lowest BCUT2D eigenvalue weighted by Gasteiger charge is -2.35. The Morgan fingerprint density at radius 1 is 0.755 bits per heavy atom. The number of hydrogen-bond acceptors (Lipinski definition) is 5. The molecule has 0 saturated carbocycles. The average molecular weight is 671 g/mol. The van der Waals surface area contributed by atoms with Crippen molar-refractivity contribution in [1.29, 1.82) is 0 Å². The molecule has 8 nitrogen and oxygen atoms in total. The molecule has 0 saturated heterocycles. The third-order valence-electron chi connectivity index (χ3n) is 8.67. The van der Waals surface area contributed by atoms with E-state index in [-0.39, 0.29) is 32.5 Å². The van der Waals surface area contributed by atoms with Crippen molar-refractivity contribution in [3.63, 3.8) is 0 Å². The first-order chi connectivity index (χ1) is 23.3. The zero-order valence-corrected chi connectivity index (χ0v) is 28.3. The van der Waals surface area contributed by atoms with Crippen molar-refractivity contribution in [3.05, 3.63) is 131 Å². The van der Waals surface area contributed by atoms with Gasteiger partial charge in [-0.3, -0.25) is 14.4 Å². The Labute approximate surface area is 286 Å². The van der Waals surface area contributed by atoms with Crippen molar-refractivity contribution in [2.45, 2.75) is 45.3 Å². The molecule has 10 heteroatoms. The van der Waals surface area contributed by atoms with E-state index in [9.17, 15) is 28.3 Å². The van der Waals surface area contributed by atoms with Crippen LogP contribution in [0.25, 0.3) is 11.1 Å². The van der Waals surface area contributed by atoms with Crippen LogP contribution in [-0.2, 0) is 29.0 Å². The molecule has 4 aromatic rings. The van der Waals surface area contributed by atoms with E-state index < -0.39 is 46.9 Å². The summed E-state index contributed by atoms with van der Waals surface area (Å²) in [6.45, 7) is 3.68. The van der Waals surface area contributed by atoms with Crippen LogP contribution in [-0.4, -0.2) is 72.0 Å². The van der Waals surface area contributed by atoms with Crippen molar-refractivity contribution in [2.75, 3.05) is 27.2 Å². The lowest BCUT2D eigenvalue weighted by Crippen LogP contribution is -2.56. The topological polar surface area (TPSA) is 116 Å². The van der Waals surface area contributed by atoms with Gasteiger partial charge in [0.05, 0.1) is 0 Å². The van der Waals surface area contributed by atoms with E-state index in [1.165, 1.54) is 22.9 Å². The highest BCUT2D eigenvalue weighted by Gasteiger charge is 2.36. The number of aliphatic hydroxyl groups is 1. The summed E-state index contributed by atoms with van der Waals surface area (Å²) in [6.07, 6.45) is 0.00759. The van der Waals surface area contributed by atoms with Crippen molar-refractivity contribution < 1.29 is 28.3 Å². The fraction of sp³-hybridized carbons (Fsp3) is 0.308. The number of benzene rings is 4. The van der Waals surface area contributed by atoms with Crippen LogP contribution >= 0.6 is 0 Å². The Bertz CT molecular complexity index is 1750. The third-order valence-corrected chi connectivity index (χ3v) is 8.67. The largest absolute Gasteiger partial charge is 0.396 e. The fourth-order valence-electron chi connectivity index (χ4n) is 5.44. The van der Waals surface area contributed by atoms with Gasteiger partial charge < -0.3 is 26.0 Å². The number of nitrogens with two attached hydrogens (primary N) is 1. The van der Waals surface area contributed by atoms with E-state index >= 15 is 0 Å². The summed E-state index contributed by atoms with van der Waals surface area (Å²) < 4.78 is 28.0. The minimum Gasteiger partial charge on any atom is -0.396 e. The maximum atomic E-state index is 14.5. The Morgan fingerprint density at radius 3 is 2.02 bits per heavy atom. The summed E-state index contributed by atoms with van der Waals surface area (Å²) in [6, 6.07) is 25.5. The highest BCUT2D eigenvalue weighted by molar-refractivity contribution is 5.98. The van der Waals surface area contributed by atoms with E-state index in [2.05, 4.69) is 5.32 Å². The SMILES string of the molecule is CN(C(=O)c1cccc(CN)c1)[C@H](Cc1ccc(-c2ccccc2)cc1)C(=O)N(C)[C@H](Cc1ccc(F)c(F)c1)C(=O)NCC(C)(C)CO. The van der Waals surface area contributed by atoms with Crippen molar-refractivity contribution >= 4 is 17.7 Å². The van der Waals surface area contributed by atoms with Crippen LogP contribution in [0.2, 0.25) is 0 Å². The molecule has 0 unspecified atom stereocenters. The molecule has 49 heavy (non-hydrogen) atoms. The summed E-state index contributed by atoms with van der Waals surface area (Å²) in [5.41, 5.74) is 9.39. The lowest BCUT2D eigenvalue weighted by atomic mass is 9.94. The van der Waals surface area contributed by atoms with Crippen molar-refractivity contribution in [3.8, 4) is 11.1 Å². The molecule has 4 aromatic carbocycles. The molecule has 0 fully saturated rings. The first-order valence-corrected chi connectivity index (χ1v) is 16.1. The summed E-state index contributed by atoms with van der Waals surface area (Å²) in [7, 11) is 3.00. The molecule has 4 rings (SSSR count). The molecular weight excluding hydrogens is 626 g/mol. The Morgan fingerprint density at radius 2 is 1.39 bits per heavy atom. The van der Waals surface area contributed by atoms with Crippen molar-refractivity contribution in [1.82, 2.24) is 15.1 Å². The van der Waals surface area contributed by atoms with Gasteiger partial charge in [0, 0.05) is 57.6 Å². The van der Waals surface area contributed by atoms with Gasteiger partial charge in [-0.1, -0.05) is 86.6 Å². The van der Waals surface area contributed by atoms with Gasteiger partial charge in [-0.2, -0.15) is 0 Å². The molecule has 0 aliphatic carbocycles. The number of carbonyl (C=O) groups is 3. The zero-order valence-electron chi connectivity index (χ0n) is 28.3. The maximum absolute atomic E-state index is 14.5. The van der Waals surface area contributed by atoms with Gasteiger partial charge in [0.15, 0.2) is 11.6 Å². The van der Waals surface area contributed by atoms with E-state index in [0.717, 1.165) is 34.4 Å². The van der Waals surface area contributed by atoms with Crippen LogP contribution in [0.15, 0.2) is 97.1 Å². The van der Waals surface area contributed by atoms with Crippen LogP contribution in [0.3, 0.4) is 0 Å². The third kappa shape index (κ3) is 9.58.